The van der Waals surface area contributed by atoms with E-state index in [9.17, 15) is 9.59 Å². The van der Waals surface area contributed by atoms with Crippen molar-refractivity contribution >= 4 is 11.9 Å². The van der Waals surface area contributed by atoms with E-state index in [0.29, 0.717) is 19.6 Å². The average Bonchev–Trinajstić information content (AvgIpc) is 3.28. The van der Waals surface area contributed by atoms with E-state index in [1.807, 2.05) is 24.2 Å². The van der Waals surface area contributed by atoms with Crippen LogP contribution in [0.4, 0.5) is 4.79 Å². The van der Waals surface area contributed by atoms with Crippen LogP contribution in [-0.4, -0.2) is 64.2 Å². The highest BCUT2D eigenvalue weighted by atomic mass is 16.2. The minimum atomic E-state index is -0.0716. The molecule has 0 radical (unpaired) electrons. The van der Waals surface area contributed by atoms with Crippen molar-refractivity contribution in [3.63, 3.8) is 0 Å². The lowest BCUT2D eigenvalue weighted by Crippen LogP contribution is -2.41. The van der Waals surface area contributed by atoms with Crippen molar-refractivity contribution in [1.82, 2.24) is 24.9 Å². The number of hydrogen-bond donors (Lipinski definition) is 1. The number of rotatable bonds is 4. The molecule has 7 heteroatoms. The highest BCUT2D eigenvalue weighted by Gasteiger charge is 2.34. The molecule has 0 aliphatic carbocycles. The van der Waals surface area contributed by atoms with Crippen LogP contribution in [0.15, 0.2) is 12.3 Å². The van der Waals surface area contributed by atoms with Crippen molar-refractivity contribution in [2.75, 3.05) is 32.7 Å². The molecule has 0 aromatic carbocycles. The topological polar surface area (TPSA) is 70.5 Å². The van der Waals surface area contributed by atoms with Gasteiger partial charge in [-0.05, 0) is 25.3 Å². The van der Waals surface area contributed by atoms with Crippen molar-refractivity contribution in [2.24, 2.45) is 13.0 Å². The zero-order chi connectivity index (χ0) is 16.2. The van der Waals surface area contributed by atoms with Gasteiger partial charge in [-0.15, -0.1) is 0 Å². The number of nitrogens with zero attached hydrogens (tertiary/aromatic N) is 4. The van der Waals surface area contributed by atoms with Gasteiger partial charge in [0.05, 0.1) is 11.6 Å². The maximum absolute atomic E-state index is 12.4. The van der Waals surface area contributed by atoms with Crippen LogP contribution in [-0.2, 0) is 18.3 Å². The van der Waals surface area contributed by atoms with E-state index < -0.39 is 0 Å². The van der Waals surface area contributed by atoms with Crippen LogP contribution in [0.1, 0.15) is 25.0 Å². The Hall–Kier alpha value is -2.05. The van der Waals surface area contributed by atoms with Crippen LogP contribution in [0.5, 0.6) is 0 Å². The van der Waals surface area contributed by atoms with Crippen molar-refractivity contribution in [3.05, 3.63) is 18.0 Å². The molecule has 1 N–H and O–H groups in total. The van der Waals surface area contributed by atoms with Gasteiger partial charge in [-0.25, -0.2) is 4.79 Å². The van der Waals surface area contributed by atoms with E-state index in [1.165, 1.54) is 0 Å². The van der Waals surface area contributed by atoms with E-state index >= 15 is 0 Å². The van der Waals surface area contributed by atoms with Gasteiger partial charge in [0, 0.05) is 52.4 Å². The maximum Gasteiger partial charge on any atom is 0.317 e. The normalized spacial score (nSPS) is 21.0. The van der Waals surface area contributed by atoms with Crippen LogP contribution in [0.3, 0.4) is 0 Å². The molecule has 3 heterocycles. The third-order valence-corrected chi connectivity index (χ3v) is 4.67. The number of aromatic nitrogens is 2. The molecule has 2 saturated heterocycles. The smallest absolute Gasteiger partial charge is 0.317 e. The highest BCUT2D eigenvalue weighted by molar-refractivity contribution is 5.81. The molecule has 2 aliphatic heterocycles. The monoisotopic (exact) mass is 319 g/mol. The third kappa shape index (κ3) is 3.83. The fourth-order valence-corrected chi connectivity index (χ4v) is 3.35. The predicted molar refractivity (Wildman–Crippen MR) is 85.8 cm³/mol. The molecular formula is C16H25N5O2. The Morgan fingerprint density at radius 2 is 2.04 bits per heavy atom. The summed E-state index contributed by atoms with van der Waals surface area (Å²) in [6.07, 6.45) is 5.61. The maximum atomic E-state index is 12.4. The van der Waals surface area contributed by atoms with Crippen molar-refractivity contribution < 1.29 is 9.59 Å². The first-order valence-electron chi connectivity index (χ1n) is 8.43. The molecular weight excluding hydrogens is 294 g/mol. The zero-order valence-corrected chi connectivity index (χ0v) is 13.7. The largest absolute Gasteiger partial charge is 0.342 e. The summed E-state index contributed by atoms with van der Waals surface area (Å²) >= 11 is 0. The highest BCUT2D eigenvalue weighted by Crippen LogP contribution is 2.21. The number of nitrogens with one attached hydrogen (secondary N) is 1. The molecule has 1 aromatic rings. The fourth-order valence-electron chi connectivity index (χ4n) is 3.35. The molecule has 23 heavy (non-hydrogen) atoms. The first kappa shape index (κ1) is 15.8. The minimum Gasteiger partial charge on any atom is -0.342 e. The summed E-state index contributed by atoms with van der Waals surface area (Å²) in [5.74, 6) is 0.209. The molecule has 3 rings (SSSR count). The molecule has 2 aliphatic rings. The Morgan fingerprint density at radius 3 is 2.74 bits per heavy atom. The quantitative estimate of drug-likeness (QED) is 0.884. The molecule has 0 spiro atoms. The molecule has 0 unspecified atom stereocenters. The Labute approximate surface area is 136 Å². The lowest BCUT2D eigenvalue weighted by molar-refractivity contribution is -0.133. The summed E-state index contributed by atoms with van der Waals surface area (Å²) in [5, 5.41) is 7.21. The summed E-state index contributed by atoms with van der Waals surface area (Å²) in [6.45, 7) is 3.54. The second-order valence-electron chi connectivity index (χ2n) is 6.43. The van der Waals surface area contributed by atoms with Crippen LogP contribution in [0.2, 0.25) is 0 Å². The van der Waals surface area contributed by atoms with Gasteiger partial charge in [0.25, 0.3) is 0 Å². The number of likely N-dealkylation sites (tertiary alicyclic amines) is 2. The van der Waals surface area contributed by atoms with Gasteiger partial charge >= 0.3 is 6.03 Å². The van der Waals surface area contributed by atoms with Crippen LogP contribution >= 0.6 is 0 Å². The number of amides is 3. The molecule has 1 aromatic heterocycles. The van der Waals surface area contributed by atoms with Gasteiger partial charge in [0.15, 0.2) is 0 Å². The van der Waals surface area contributed by atoms with E-state index in [-0.39, 0.29) is 17.9 Å². The molecule has 1 atom stereocenters. The number of hydrogen-bond acceptors (Lipinski definition) is 3. The predicted octanol–water partition coefficient (Wildman–Crippen LogP) is 0.617. The number of aryl methyl sites for hydroxylation is 1. The van der Waals surface area contributed by atoms with E-state index in [0.717, 1.165) is 44.5 Å². The van der Waals surface area contributed by atoms with Gasteiger partial charge in [-0.3, -0.25) is 9.48 Å². The number of carbonyl (C=O) groups is 2. The molecule has 7 nitrogen and oxygen atoms in total. The van der Waals surface area contributed by atoms with Gasteiger partial charge in [0.2, 0.25) is 5.91 Å². The first-order valence-corrected chi connectivity index (χ1v) is 8.43. The van der Waals surface area contributed by atoms with E-state index in [2.05, 4.69) is 10.4 Å². The van der Waals surface area contributed by atoms with Gasteiger partial charge in [-0.2, -0.15) is 5.10 Å². The molecule has 0 saturated carbocycles. The van der Waals surface area contributed by atoms with Crippen LogP contribution in [0, 0.1) is 5.92 Å². The fraction of sp³-hybridized carbons (Fsp3) is 0.688. The van der Waals surface area contributed by atoms with Gasteiger partial charge in [0.1, 0.15) is 0 Å². The van der Waals surface area contributed by atoms with Crippen LogP contribution < -0.4 is 5.32 Å². The lowest BCUT2D eigenvalue weighted by Gasteiger charge is -2.20. The number of urea groups is 1. The molecule has 0 bridgehead atoms. The third-order valence-electron chi connectivity index (χ3n) is 4.67. The Balaban J connectivity index is 1.41. The van der Waals surface area contributed by atoms with Crippen molar-refractivity contribution in [2.45, 2.75) is 25.7 Å². The number of carbonyl (C=O) groups excluding carboxylic acids is 2. The average molecular weight is 319 g/mol. The Kier molecular flexibility index (Phi) is 4.83. The Morgan fingerprint density at radius 1 is 1.26 bits per heavy atom. The van der Waals surface area contributed by atoms with Gasteiger partial charge in [-0.1, -0.05) is 0 Å². The lowest BCUT2D eigenvalue weighted by atomic mass is 10.1. The summed E-state index contributed by atoms with van der Waals surface area (Å²) < 4.78 is 1.76. The van der Waals surface area contributed by atoms with E-state index in [4.69, 9.17) is 0 Å². The van der Waals surface area contributed by atoms with E-state index in [1.54, 1.807) is 9.58 Å². The van der Waals surface area contributed by atoms with Crippen molar-refractivity contribution in [3.8, 4) is 0 Å². The second kappa shape index (κ2) is 7.02. The van der Waals surface area contributed by atoms with Crippen molar-refractivity contribution in [1.29, 1.82) is 0 Å². The summed E-state index contributed by atoms with van der Waals surface area (Å²) in [5.41, 5.74) is 0.969. The zero-order valence-electron chi connectivity index (χ0n) is 13.7. The minimum absolute atomic E-state index is 0.0189. The first-order chi connectivity index (χ1) is 11.1. The Bertz CT molecular complexity index is 565. The molecule has 2 fully saturated rings. The van der Waals surface area contributed by atoms with Gasteiger partial charge < -0.3 is 15.1 Å². The summed E-state index contributed by atoms with van der Waals surface area (Å²) in [6, 6.07) is 1.88. The summed E-state index contributed by atoms with van der Waals surface area (Å²) in [4.78, 5) is 28.3. The molecule has 126 valence electrons. The SMILES string of the molecule is Cn1ccc(CCNC(=O)N2CC[C@H](C(=O)N3CCCC3)C2)n1. The standard InChI is InChI=1S/C16H25N5O2/c1-19-10-6-14(18-19)4-7-17-16(23)21-11-5-13(12-21)15(22)20-8-2-3-9-20/h6,10,13H,2-5,7-9,11-12H2,1H3,(H,17,23)/t13-/m0/s1. The summed E-state index contributed by atoms with van der Waals surface area (Å²) in [7, 11) is 1.88. The second-order valence-corrected chi connectivity index (χ2v) is 6.43. The van der Waals surface area contributed by atoms with Crippen LogP contribution in [0.25, 0.3) is 0 Å². The molecule has 3 amide bonds.